The highest BCUT2D eigenvalue weighted by atomic mass is 32.1. The molecule has 1 aromatic heterocycles. The lowest BCUT2D eigenvalue weighted by atomic mass is 10.0. The molecule has 0 unspecified atom stereocenters. The zero-order valence-electron chi connectivity index (χ0n) is 11.8. The second-order valence-corrected chi connectivity index (χ2v) is 6.33. The molecule has 2 heterocycles. The van der Waals surface area contributed by atoms with Crippen molar-refractivity contribution >= 4 is 17.0 Å². The standard InChI is InChI=1S/C16H20N2OS/c1-12-18-16(11-20-12)14-3-2-4-15(9-14)17-10-13-5-7-19-8-6-13/h2-4,9,11,13,17H,5-8,10H2,1H3. The van der Waals surface area contributed by atoms with E-state index in [1.165, 1.54) is 11.3 Å². The van der Waals surface area contributed by atoms with Crippen LogP contribution in [0.5, 0.6) is 0 Å². The lowest BCUT2D eigenvalue weighted by Crippen LogP contribution is -2.22. The Labute approximate surface area is 124 Å². The molecule has 4 heteroatoms. The van der Waals surface area contributed by atoms with Crippen molar-refractivity contribution in [3.05, 3.63) is 34.7 Å². The van der Waals surface area contributed by atoms with Gasteiger partial charge in [0.2, 0.25) is 0 Å². The Hall–Kier alpha value is -1.39. The van der Waals surface area contributed by atoms with E-state index in [2.05, 4.69) is 39.9 Å². The number of thiazole rings is 1. The summed E-state index contributed by atoms with van der Waals surface area (Å²) in [5.74, 6) is 0.730. The molecule has 106 valence electrons. The molecule has 1 saturated heterocycles. The van der Waals surface area contributed by atoms with Gasteiger partial charge < -0.3 is 10.1 Å². The topological polar surface area (TPSA) is 34.2 Å². The Bertz CT molecular complexity index is 561. The lowest BCUT2D eigenvalue weighted by molar-refractivity contribution is 0.0699. The van der Waals surface area contributed by atoms with Gasteiger partial charge in [-0.15, -0.1) is 11.3 Å². The molecule has 3 rings (SSSR count). The van der Waals surface area contributed by atoms with Gasteiger partial charge in [0.25, 0.3) is 0 Å². The smallest absolute Gasteiger partial charge is 0.0901 e. The first-order valence-electron chi connectivity index (χ1n) is 7.15. The maximum atomic E-state index is 5.40. The fourth-order valence-electron chi connectivity index (χ4n) is 2.50. The van der Waals surface area contributed by atoms with Crippen LogP contribution in [-0.2, 0) is 4.74 Å². The van der Waals surface area contributed by atoms with Crippen molar-refractivity contribution in [3.8, 4) is 11.3 Å². The highest BCUT2D eigenvalue weighted by molar-refractivity contribution is 7.09. The van der Waals surface area contributed by atoms with Gasteiger partial charge >= 0.3 is 0 Å². The van der Waals surface area contributed by atoms with Crippen LogP contribution >= 0.6 is 11.3 Å². The molecule has 0 amide bonds. The Morgan fingerprint density at radius 1 is 1.35 bits per heavy atom. The van der Waals surface area contributed by atoms with E-state index in [1.54, 1.807) is 11.3 Å². The van der Waals surface area contributed by atoms with E-state index in [0.29, 0.717) is 0 Å². The van der Waals surface area contributed by atoms with Crippen molar-refractivity contribution in [2.45, 2.75) is 19.8 Å². The summed E-state index contributed by atoms with van der Waals surface area (Å²) in [7, 11) is 0. The normalized spacial score (nSPS) is 16.2. The molecule has 3 nitrogen and oxygen atoms in total. The predicted octanol–water partition coefficient (Wildman–Crippen LogP) is 3.96. The monoisotopic (exact) mass is 288 g/mol. The molecule has 0 atom stereocenters. The third-order valence-electron chi connectivity index (χ3n) is 3.71. The summed E-state index contributed by atoms with van der Waals surface area (Å²) < 4.78 is 5.40. The average molecular weight is 288 g/mol. The number of hydrogen-bond donors (Lipinski definition) is 1. The summed E-state index contributed by atoms with van der Waals surface area (Å²) in [5.41, 5.74) is 3.44. The van der Waals surface area contributed by atoms with E-state index in [-0.39, 0.29) is 0 Å². The molecule has 0 radical (unpaired) electrons. The average Bonchev–Trinajstić information content (AvgIpc) is 2.93. The van der Waals surface area contributed by atoms with Gasteiger partial charge in [0, 0.05) is 36.4 Å². The van der Waals surface area contributed by atoms with Gasteiger partial charge in [-0.1, -0.05) is 12.1 Å². The molecular formula is C16H20N2OS. The van der Waals surface area contributed by atoms with Crippen LogP contribution < -0.4 is 5.32 Å². The van der Waals surface area contributed by atoms with E-state index in [0.717, 1.165) is 49.2 Å². The number of ether oxygens (including phenoxy) is 1. The van der Waals surface area contributed by atoms with Crippen molar-refractivity contribution < 1.29 is 4.74 Å². The van der Waals surface area contributed by atoms with Crippen molar-refractivity contribution in [3.63, 3.8) is 0 Å². The van der Waals surface area contributed by atoms with Crippen LogP contribution in [-0.4, -0.2) is 24.7 Å². The van der Waals surface area contributed by atoms with Crippen molar-refractivity contribution in [1.82, 2.24) is 4.98 Å². The Morgan fingerprint density at radius 3 is 2.95 bits per heavy atom. The Morgan fingerprint density at radius 2 is 2.20 bits per heavy atom. The molecule has 0 saturated carbocycles. The third-order valence-corrected chi connectivity index (χ3v) is 4.49. The van der Waals surface area contributed by atoms with Gasteiger partial charge in [-0.3, -0.25) is 0 Å². The second-order valence-electron chi connectivity index (χ2n) is 5.27. The number of nitrogens with one attached hydrogen (secondary N) is 1. The number of benzene rings is 1. The van der Waals surface area contributed by atoms with Gasteiger partial charge in [-0.2, -0.15) is 0 Å². The SMILES string of the molecule is Cc1nc(-c2cccc(NCC3CCOCC3)c2)cs1. The summed E-state index contributed by atoms with van der Waals surface area (Å²) in [5, 5.41) is 6.78. The molecular weight excluding hydrogens is 268 g/mol. The van der Waals surface area contributed by atoms with E-state index in [1.807, 2.05) is 6.92 Å². The van der Waals surface area contributed by atoms with Gasteiger partial charge in [0.05, 0.1) is 10.7 Å². The summed E-state index contributed by atoms with van der Waals surface area (Å²) in [6.07, 6.45) is 2.33. The van der Waals surface area contributed by atoms with Crippen LogP contribution in [0.1, 0.15) is 17.8 Å². The van der Waals surface area contributed by atoms with Crippen LogP contribution in [0.25, 0.3) is 11.3 Å². The van der Waals surface area contributed by atoms with E-state index in [9.17, 15) is 0 Å². The molecule has 20 heavy (non-hydrogen) atoms. The minimum absolute atomic E-state index is 0.730. The minimum Gasteiger partial charge on any atom is -0.385 e. The zero-order chi connectivity index (χ0) is 13.8. The van der Waals surface area contributed by atoms with E-state index in [4.69, 9.17) is 4.74 Å². The summed E-state index contributed by atoms with van der Waals surface area (Å²) in [4.78, 5) is 4.55. The summed E-state index contributed by atoms with van der Waals surface area (Å²) in [6.45, 7) is 4.89. The van der Waals surface area contributed by atoms with Crippen LogP contribution in [0.3, 0.4) is 0 Å². The predicted molar refractivity (Wildman–Crippen MR) is 84.3 cm³/mol. The fraction of sp³-hybridized carbons (Fsp3) is 0.438. The van der Waals surface area contributed by atoms with Crippen LogP contribution in [0.2, 0.25) is 0 Å². The lowest BCUT2D eigenvalue weighted by Gasteiger charge is -2.22. The highest BCUT2D eigenvalue weighted by Gasteiger charge is 2.13. The number of rotatable bonds is 4. The molecule has 2 aromatic rings. The fourth-order valence-corrected chi connectivity index (χ4v) is 3.12. The Balaban J connectivity index is 1.65. The number of anilines is 1. The van der Waals surface area contributed by atoms with Crippen LogP contribution in [0.4, 0.5) is 5.69 Å². The first-order valence-corrected chi connectivity index (χ1v) is 8.03. The van der Waals surface area contributed by atoms with Crippen molar-refractivity contribution in [2.24, 2.45) is 5.92 Å². The maximum Gasteiger partial charge on any atom is 0.0901 e. The van der Waals surface area contributed by atoms with E-state index < -0.39 is 0 Å². The number of hydrogen-bond acceptors (Lipinski definition) is 4. The zero-order valence-corrected chi connectivity index (χ0v) is 12.6. The summed E-state index contributed by atoms with van der Waals surface area (Å²) >= 11 is 1.70. The number of aryl methyl sites for hydroxylation is 1. The largest absolute Gasteiger partial charge is 0.385 e. The van der Waals surface area contributed by atoms with Gasteiger partial charge in [0.15, 0.2) is 0 Å². The van der Waals surface area contributed by atoms with E-state index >= 15 is 0 Å². The van der Waals surface area contributed by atoms with Gasteiger partial charge in [0.1, 0.15) is 0 Å². The van der Waals surface area contributed by atoms with Crippen molar-refractivity contribution in [2.75, 3.05) is 25.1 Å². The molecule has 0 bridgehead atoms. The van der Waals surface area contributed by atoms with Crippen LogP contribution in [0.15, 0.2) is 29.6 Å². The first kappa shape index (κ1) is 13.6. The molecule has 1 aliphatic rings. The van der Waals surface area contributed by atoms with Gasteiger partial charge in [-0.05, 0) is 37.8 Å². The molecule has 1 aliphatic heterocycles. The molecule has 0 aliphatic carbocycles. The van der Waals surface area contributed by atoms with Crippen LogP contribution in [0, 0.1) is 12.8 Å². The maximum absolute atomic E-state index is 5.40. The second kappa shape index (κ2) is 6.37. The molecule has 1 N–H and O–H groups in total. The molecule has 1 fully saturated rings. The first-order chi connectivity index (χ1) is 9.81. The van der Waals surface area contributed by atoms with Crippen molar-refractivity contribution in [1.29, 1.82) is 0 Å². The Kier molecular flexibility index (Phi) is 4.33. The summed E-state index contributed by atoms with van der Waals surface area (Å²) in [6, 6.07) is 8.53. The third kappa shape index (κ3) is 3.38. The highest BCUT2D eigenvalue weighted by Crippen LogP contribution is 2.24. The number of aromatic nitrogens is 1. The molecule has 1 aromatic carbocycles. The molecule has 0 spiro atoms. The van der Waals surface area contributed by atoms with Gasteiger partial charge in [-0.25, -0.2) is 4.98 Å². The minimum atomic E-state index is 0.730. The number of nitrogens with zero attached hydrogens (tertiary/aromatic N) is 1. The quantitative estimate of drug-likeness (QED) is 0.924.